The molecule has 1 aromatic heterocycles. The predicted molar refractivity (Wildman–Crippen MR) is 75.1 cm³/mol. The maximum atomic E-state index is 4.37. The smallest absolute Gasteiger partial charge is 0.134 e. The van der Waals surface area contributed by atoms with Gasteiger partial charge in [-0.05, 0) is 25.8 Å². The molecule has 1 aliphatic heterocycles. The molecule has 1 saturated heterocycles. The first-order chi connectivity index (χ1) is 8.81. The lowest BCUT2D eigenvalue weighted by atomic mass is 10.1. The van der Waals surface area contributed by atoms with Crippen molar-refractivity contribution in [1.82, 2.24) is 15.3 Å². The van der Waals surface area contributed by atoms with E-state index in [0.29, 0.717) is 6.04 Å². The highest BCUT2D eigenvalue weighted by atomic mass is 15.2. The molecule has 2 heterocycles. The molecule has 2 N–H and O–H groups in total. The topological polar surface area (TPSA) is 53.1 Å². The number of hydrogen-bond donors (Lipinski definition) is 2. The van der Waals surface area contributed by atoms with Gasteiger partial charge in [0.25, 0.3) is 0 Å². The third-order valence-electron chi connectivity index (χ3n) is 3.39. The van der Waals surface area contributed by atoms with Gasteiger partial charge in [-0.2, -0.15) is 0 Å². The fourth-order valence-electron chi connectivity index (χ4n) is 2.24. The van der Waals surface area contributed by atoms with Crippen molar-refractivity contribution in [2.75, 3.05) is 36.9 Å². The van der Waals surface area contributed by atoms with Crippen molar-refractivity contribution < 1.29 is 0 Å². The molecule has 0 bridgehead atoms. The number of rotatable bonds is 5. The van der Waals surface area contributed by atoms with E-state index in [-0.39, 0.29) is 0 Å². The van der Waals surface area contributed by atoms with Gasteiger partial charge in [0.2, 0.25) is 0 Å². The average Bonchev–Trinajstić information content (AvgIpc) is 2.45. The highest BCUT2D eigenvalue weighted by Crippen LogP contribution is 2.18. The van der Waals surface area contributed by atoms with Crippen LogP contribution in [0.4, 0.5) is 11.6 Å². The number of aromatic nitrogens is 2. The predicted octanol–water partition coefficient (Wildman–Crippen LogP) is 1.49. The van der Waals surface area contributed by atoms with Gasteiger partial charge < -0.3 is 15.5 Å². The molecule has 2 rings (SSSR count). The van der Waals surface area contributed by atoms with E-state index in [0.717, 1.165) is 37.7 Å². The zero-order valence-corrected chi connectivity index (χ0v) is 11.3. The van der Waals surface area contributed by atoms with Gasteiger partial charge in [-0.25, -0.2) is 9.97 Å². The molecule has 1 aliphatic rings. The molecule has 1 atom stereocenters. The number of nitrogens with one attached hydrogen (secondary N) is 2. The van der Waals surface area contributed by atoms with Crippen LogP contribution in [0.3, 0.4) is 0 Å². The van der Waals surface area contributed by atoms with E-state index in [4.69, 9.17) is 0 Å². The van der Waals surface area contributed by atoms with Gasteiger partial charge in [0.05, 0.1) is 0 Å². The number of likely N-dealkylation sites (N-methyl/N-ethyl adjacent to an activating group) is 1. The Labute approximate surface area is 109 Å². The summed E-state index contributed by atoms with van der Waals surface area (Å²) in [5.74, 6) is 1.91. The third kappa shape index (κ3) is 3.32. The maximum absolute atomic E-state index is 4.37. The Balaban J connectivity index is 2.02. The van der Waals surface area contributed by atoms with Crippen LogP contribution in [-0.4, -0.2) is 42.7 Å². The van der Waals surface area contributed by atoms with E-state index in [1.54, 1.807) is 6.33 Å². The van der Waals surface area contributed by atoms with Gasteiger partial charge in [-0.3, -0.25) is 0 Å². The Kier molecular flexibility index (Phi) is 4.75. The number of nitrogens with zero attached hydrogens (tertiary/aromatic N) is 3. The minimum absolute atomic E-state index is 0.535. The highest BCUT2D eigenvalue weighted by Gasteiger charge is 2.19. The minimum Gasteiger partial charge on any atom is -0.370 e. The Morgan fingerprint density at radius 2 is 2.39 bits per heavy atom. The third-order valence-corrected chi connectivity index (χ3v) is 3.39. The zero-order valence-electron chi connectivity index (χ0n) is 11.3. The van der Waals surface area contributed by atoms with Gasteiger partial charge >= 0.3 is 0 Å². The molecule has 0 amide bonds. The minimum atomic E-state index is 0.535. The SMILES string of the molecule is CCCNc1cc(N(C)C2CCCNC2)ncn1. The van der Waals surface area contributed by atoms with E-state index in [1.165, 1.54) is 12.8 Å². The molecule has 18 heavy (non-hydrogen) atoms. The van der Waals surface area contributed by atoms with Crippen LogP contribution in [-0.2, 0) is 0 Å². The fraction of sp³-hybridized carbons (Fsp3) is 0.692. The Bertz CT molecular complexity index is 362. The van der Waals surface area contributed by atoms with Crippen LogP contribution in [0.2, 0.25) is 0 Å². The summed E-state index contributed by atoms with van der Waals surface area (Å²) in [5, 5.41) is 6.73. The van der Waals surface area contributed by atoms with Crippen LogP contribution >= 0.6 is 0 Å². The summed E-state index contributed by atoms with van der Waals surface area (Å²) in [6.07, 6.45) is 5.20. The zero-order chi connectivity index (χ0) is 12.8. The summed E-state index contributed by atoms with van der Waals surface area (Å²) in [6.45, 7) is 5.27. The van der Waals surface area contributed by atoms with Gasteiger partial charge in [-0.15, -0.1) is 0 Å². The largest absolute Gasteiger partial charge is 0.370 e. The molecule has 1 aromatic rings. The Morgan fingerprint density at radius 1 is 1.50 bits per heavy atom. The van der Waals surface area contributed by atoms with E-state index in [9.17, 15) is 0 Å². The highest BCUT2D eigenvalue weighted by molar-refractivity contribution is 5.48. The van der Waals surface area contributed by atoms with Crippen LogP contribution in [0.15, 0.2) is 12.4 Å². The van der Waals surface area contributed by atoms with Crippen molar-refractivity contribution in [3.8, 4) is 0 Å². The molecule has 0 spiro atoms. The summed E-state index contributed by atoms with van der Waals surface area (Å²) in [6, 6.07) is 2.57. The van der Waals surface area contributed by atoms with Crippen molar-refractivity contribution in [3.05, 3.63) is 12.4 Å². The molecular weight excluding hydrogens is 226 g/mol. The molecule has 0 saturated carbocycles. The monoisotopic (exact) mass is 249 g/mol. The summed E-state index contributed by atoms with van der Waals surface area (Å²) in [4.78, 5) is 10.9. The van der Waals surface area contributed by atoms with Crippen molar-refractivity contribution in [2.24, 2.45) is 0 Å². The first-order valence-corrected chi connectivity index (χ1v) is 6.80. The molecule has 0 aliphatic carbocycles. The summed E-state index contributed by atoms with van der Waals surface area (Å²) in [5.41, 5.74) is 0. The number of piperidine rings is 1. The van der Waals surface area contributed by atoms with Gasteiger partial charge in [0.1, 0.15) is 18.0 Å². The van der Waals surface area contributed by atoms with Gasteiger partial charge in [0.15, 0.2) is 0 Å². The summed E-state index contributed by atoms with van der Waals surface area (Å²) >= 11 is 0. The summed E-state index contributed by atoms with van der Waals surface area (Å²) in [7, 11) is 2.11. The molecule has 0 radical (unpaired) electrons. The second-order valence-electron chi connectivity index (χ2n) is 4.80. The molecule has 1 unspecified atom stereocenters. The first kappa shape index (κ1) is 13.1. The Hall–Kier alpha value is -1.36. The van der Waals surface area contributed by atoms with Crippen LogP contribution in [0.5, 0.6) is 0 Å². The van der Waals surface area contributed by atoms with Crippen LogP contribution in [0.1, 0.15) is 26.2 Å². The average molecular weight is 249 g/mol. The standard InChI is InChI=1S/C13H23N5/c1-3-6-15-12-8-13(17-10-16-12)18(2)11-5-4-7-14-9-11/h8,10-11,14H,3-7,9H2,1-2H3,(H,15,16,17). The lowest BCUT2D eigenvalue weighted by Gasteiger charge is -2.32. The van der Waals surface area contributed by atoms with Crippen molar-refractivity contribution in [2.45, 2.75) is 32.2 Å². The van der Waals surface area contributed by atoms with Crippen LogP contribution < -0.4 is 15.5 Å². The van der Waals surface area contributed by atoms with Crippen LogP contribution in [0.25, 0.3) is 0 Å². The van der Waals surface area contributed by atoms with Gasteiger partial charge in [-0.1, -0.05) is 6.92 Å². The van der Waals surface area contributed by atoms with Crippen LogP contribution in [0, 0.1) is 0 Å². The molecule has 1 fully saturated rings. The van der Waals surface area contributed by atoms with E-state index >= 15 is 0 Å². The van der Waals surface area contributed by atoms with Crippen molar-refractivity contribution in [3.63, 3.8) is 0 Å². The van der Waals surface area contributed by atoms with Gasteiger partial charge in [0, 0.05) is 32.2 Å². The Morgan fingerprint density at radius 3 is 3.11 bits per heavy atom. The number of hydrogen-bond acceptors (Lipinski definition) is 5. The number of anilines is 2. The summed E-state index contributed by atoms with van der Waals surface area (Å²) < 4.78 is 0. The van der Waals surface area contributed by atoms with Crippen molar-refractivity contribution >= 4 is 11.6 Å². The first-order valence-electron chi connectivity index (χ1n) is 6.80. The van der Waals surface area contributed by atoms with E-state index < -0.39 is 0 Å². The van der Waals surface area contributed by atoms with E-state index in [2.05, 4.69) is 39.5 Å². The normalized spacial score (nSPS) is 19.6. The molecule has 0 aromatic carbocycles. The maximum Gasteiger partial charge on any atom is 0.134 e. The quantitative estimate of drug-likeness (QED) is 0.828. The molecule has 5 heteroatoms. The molecular formula is C13H23N5. The lowest BCUT2D eigenvalue weighted by Crippen LogP contribution is -2.44. The van der Waals surface area contributed by atoms with Crippen molar-refractivity contribution in [1.29, 1.82) is 0 Å². The second-order valence-corrected chi connectivity index (χ2v) is 4.80. The lowest BCUT2D eigenvalue weighted by molar-refractivity contribution is 0.443. The molecule has 5 nitrogen and oxygen atoms in total. The van der Waals surface area contributed by atoms with E-state index in [1.807, 2.05) is 6.07 Å². The molecule has 100 valence electrons. The second kappa shape index (κ2) is 6.54. The fourth-order valence-corrected chi connectivity index (χ4v) is 2.24.